The molecule has 1 fully saturated rings. The van der Waals surface area contributed by atoms with Crippen molar-refractivity contribution in [2.24, 2.45) is 10.7 Å². The largest absolute Gasteiger partial charge is 0.370 e. The highest BCUT2D eigenvalue weighted by Gasteiger charge is 2.14. The molecule has 1 heterocycles. The van der Waals surface area contributed by atoms with Crippen molar-refractivity contribution in [2.75, 3.05) is 19.6 Å². The monoisotopic (exact) mass is 231 g/mol. The van der Waals surface area contributed by atoms with Gasteiger partial charge in [0.2, 0.25) is 0 Å². The molecule has 3 nitrogen and oxygen atoms in total. The van der Waals surface area contributed by atoms with Crippen LogP contribution in [0.4, 0.5) is 4.39 Å². The molecule has 2 rings (SSSR count). The Kier molecular flexibility index (Phi) is 3.61. The number of rotatable bonds is 1. The van der Waals surface area contributed by atoms with Gasteiger partial charge in [0.1, 0.15) is 12.4 Å². The molecule has 0 aromatic heterocycles. The van der Waals surface area contributed by atoms with E-state index in [1.807, 2.05) is 4.90 Å². The van der Waals surface area contributed by atoms with Crippen LogP contribution in [-0.4, -0.2) is 30.5 Å². The predicted octanol–water partition coefficient (Wildman–Crippen LogP) is 1.20. The van der Waals surface area contributed by atoms with E-state index in [9.17, 15) is 4.39 Å². The molecule has 0 amide bonds. The third-order valence-electron chi connectivity index (χ3n) is 2.56. The van der Waals surface area contributed by atoms with E-state index in [0.717, 1.165) is 13.1 Å². The quantitative estimate of drug-likeness (QED) is 0.448. The molecule has 0 saturated carbocycles. The van der Waals surface area contributed by atoms with Crippen LogP contribution in [-0.2, 0) is 0 Å². The summed E-state index contributed by atoms with van der Waals surface area (Å²) in [5.74, 6) is 5.97. The summed E-state index contributed by atoms with van der Waals surface area (Å²) >= 11 is 0. The van der Waals surface area contributed by atoms with Gasteiger partial charge in [-0.1, -0.05) is 17.9 Å². The molecule has 2 N–H and O–H groups in total. The zero-order valence-corrected chi connectivity index (χ0v) is 9.49. The second kappa shape index (κ2) is 5.35. The molecule has 1 aliphatic rings. The zero-order chi connectivity index (χ0) is 12.1. The second-order valence-electron chi connectivity index (χ2n) is 3.83. The summed E-state index contributed by atoms with van der Waals surface area (Å²) in [5, 5.41) is 0. The minimum atomic E-state index is -0.277. The van der Waals surface area contributed by atoms with Gasteiger partial charge in [-0.2, -0.15) is 0 Å². The van der Waals surface area contributed by atoms with Crippen molar-refractivity contribution in [1.82, 2.24) is 4.90 Å². The van der Waals surface area contributed by atoms with Crippen molar-refractivity contribution in [2.45, 2.75) is 6.42 Å². The number of nitrogens with zero attached hydrogens (tertiary/aromatic N) is 2. The highest BCUT2D eigenvalue weighted by atomic mass is 19.1. The minimum absolute atomic E-state index is 0.277. The van der Waals surface area contributed by atoms with Gasteiger partial charge in [-0.15, -0.1) is 0 Å². The van der Waals surface area contributed by atoms with E-state index in [1.165, 1.54) is 18.6 Å². The van der Waals surface area contributed by atoms with Crippen LogP contribution in [0.2, 0.25) is 0 Å². The highest BCUT2D eigenvalue weighted by molar-refractivity contribution is 5.78. The molecule has 1 aromatic carbocycles. The first-order valence-electron chi connectivity index (χ1n) is 5.55. The third-order valence-corrected chi connectivity index (χ3v) is 2.56. The number of guanidine groups is 1. The second-order valence-corrected chi connectivity index (χ2v) is 3.83. The summed E-state index contributed by atoms with van der Waals surface area (Å²) in [7, 11) is 0. The minimum Gasteiger partial charge on any atom is -0.370 e. The molecule has 0 spiro atoms. The maximum atomic E-state index is 12.8. The van der Waals surface area contributed by atoms with Gasteiger partial charge in [0.15, 0.2) is 5.96 Å². The number of benzene rings is 1. The van der Waals surface area contributed by atoms with Crippen LogP contribution in [0.5, 0.6) is 0 Å². The molecule has 1 aliphatic heterocycles. The fourth-order valence-corrected chi connectivity index (χ4v) is 1.47. The van der Waals surface area contributed by atoms with Crippen molar-refractivity contribution in [3.05, 3.63) is 35.6 Å². The lowest BCUT2D eigenvalue weighted by Crippen LogP contribution is -2.46. The van der Waals surface area contributed by atoms with Gasteiger partial charge in [-0.05, 0) is 24.6 Å². The summed E-state index contributed by atoms with van der Waals surface area (Å²) in [5.41, 5.74) is 6.39. The molecule has 0 bridgehead atoms. The van der Waals surface area contributed by atoms with Crippen LogP contribution in [0, 0.1) is 17.7 Å². The van der Waals surface area contributed by atoms with Gasteiger partial charge < -0.3 is 10.6 Å². The molecular formula is C13H14FN3. The van der Waals surface area contributed by atoms with E-state index >= 15 is 0 Å². The molecule has 4 heteroatoms. The first kappa shape index (κ1) is 11.5. The van der Waals surface area contributed by atoms with Gasteiger partial charge in [0.05, 0.1) is 0 Å². The van der Waals surface area contributed by atoms with Crippen molar-refractivity contribution in [3.8, 4) is 11.8 Å². The number of halogens is 1. The number of aliphatic imine (C=N–C) groups is 1. The average molecular weight is 231 g/mol. The maximum absolute atomic E-state index is 12.8. The normalized spacial score (nSPS) is 14.9. The summed E-state index contributed by atoms with van der Waals surface area (Å²) < 4.78 is 12.8. The number of hydrogen-bond donors (Lipinski definition) is 1. The zero-order valence-electron chi connectivity index (χ0n) is 9.49. The average Bonchev–Trinajstić information content (AvgIpc) is 2.22. The Morgan fingerprint density at radius 3 is 2.94 bits per heavy atom. The van der Waals surface area contributed by atoms with Crippen LogP contribution in [0.15, 0.2) is 29.3 Å². The third kappa shape index (κ3) is 3.22. The summed E-state index contributed by atoms with van der Waals surface area (Å²) in [4.78, 5) is 6.14. The molecular weight excluding hydrogens is 217 g/mol. The topological polar surface area (TPSA) is 41.6 Å². The first-order chi connectivity index (χ1) is 8.25. The summed E-state index contributed by atoms with van der Waals surface area (Å²) in [6, 6.07) is 6.19. The molecule has 88 valence electrons. The van der Waals surface area contributed by atoms with Gasteiger partial charge in [-0.25, -0.2) is 9.38 Å². The van der Waals surface area contributed by atoms with E-state index in [-0.39, 0.29) is 5.82 Å². The molecule has 0 aliphatic carbocycles. The van der Waals surface area contributed by atoms with Crippen molar-refractivity contribution in [1.29, 1.82) is 0 Å². The van der Waals surface area contributed by atoms with Gasteiger partial charge in [0, 0.05) is 18.7 Å². The molecule has 17 heavy (non-hydrogen) atoms. The standard InChI is InChI=1S/C13H14FN3/c14-12-6-1-4-11(10-12)5-2-7-16-13(15)17-8-3-9-17/h1,4,6,10H,3,7-9H2,(H2,15,16). The Hall–Kier alpha value is -2.02. The van der Waals surface area contributed by atoms with Crippen molar-refractivity contribution >= 4 is 5.96 Å². The Bertz CT molecular complexity index is 481. The van der Waals surface area contributed by atoms with Crippen LogP contribution >= 0.6 is 0 Å². The van der Waals surface area contributed by atoms with E-state index in [2.05, 4.69) is 16.8 Å². The predicted molar refractivity (Wildman–Crippen MR) is 66.0 cm³/mol. The Morgan fingerprint density at radius 1 is 1.47 bits per heavy atom. The molecule has 0 atom stereocenters. The van der Waals surface area contributed by atoms with Crippen LogP contribution in [0.3, 0.4) is 0 Å². The summed E-state index contributed by atoms with van der Waals surface area (Å²) in [6.07, 6.45) is 1.17. The molecule has 1 aromatic rings. The lowest BCUT2D eigenvalue weighted by molar-refractivity contribution is 0.296. The fourth-order valence-electron chi connectivity index (χ4n) is 1.47. The summed E-state index contributed by atoms with van der Waals surface area (Å²) in [6.45, 7) is 2.30. The van der Waals surface area contributed by atoms with Crippen LogP contribution in [0.25, 0.3) is 0 Å². The SMILES string of the molecule is NC(=NCC#Cc1cccc(F)c1)N1CCC1. The van der Waals surface area contributed by atoms with Gasteiger partial charge in [-0.3, -0.25) is 0 Å². The van der Waals surface area contributed by atoms with Crippen LogP contribution in [0.1, 0.15) is 12.0 Å². The van der Waals surface area contributed by atoms with Crippen molar-refractivity contribution < 1.29 is 4.39 Å². The lowest BCUT2D eigenvalue weighted by Gasteiger charge is -2.31. The van der Waals surface area contributed by atoms with E-state index in [0.29, 0.717) is 18.1 Å². The number of likely N-dealkylation sites (tertiary alicyclic amines) is 1. The maximum Gasteiger partial charge on any atom is 0.192 e. The fraction of sp³-hybridized carbons (Fsp3) is 0.308. The first-order valence-corrected chi connectivity index (χ1v) is 5.55. The number of hydrogen-bond acceptors (Lipinski definition) is 1. The Balaban J connectivity index is 1.89. The van der Waals surface area contributed by atoms with E-state index in [1.54, 1.807) is 12.1 Å². The molecule has 0 unspecified atom stereocenters. The molecule has 1 saturated heterocycles. The Labute approximate surface area is 100 Å². The Morgan fingerprint density at radius 2 is 2.29 bits per heavy atom. The van der Waals surface area contributed by atoms with Gasteiger partial charge >= 0.3 is 0 Å². The van der Waals surface area contributed by atoms with Gasteiger partial charge in [0.25, 0.3) is 0 Å². The highest BCUT2D eigenvalue weighted by Crippen LogP contribution is 2.04. The van der Waals surface area contributed by atoms with E-state index < -0.39 is 0 Å². The smallest absolute Gasteiger partial charge is 0.192 e. The molecule has 0 radical (unpaired) electrons. The van der Waals surface area contributed by atoms with Crippen LogP contribution < -0.4 is 5.73 Å². The number of nitrogens with two attached hydrogens (primary N) is 1. The lowest BCUT2D eigenvalue weighted by atomic mass is 10.2. The van der Waals surface area contributed by atoms with E-state index in [4.69, 9.17) is 5.73 Å². The van der Waals surface area contributed by atoms with Crippen molar-refractivity contribution in [3.63, 3.8) is 0 Å².